The maximum atomic E-state index is 13.5. The van der Waals surface area contributed by atoms with E-state index >= 15 is 0 Å². The van der Waals surface area contributed by atoms with Crippen molar-refractivity contribution in [3.05, 3.63) is 56.5 Å². The van der Waals surface area contributed by atoms with Crippen LogP contribution in [0.15, 0.2) is 34.8 Å². The van der Waals surface area contributed by atoms with Crippen LogP contribution in [0.3, 0.4) is 0 Å². The first-order valence-corrected chi connectivity index (χ1v) is 10.8. The first kappa shape index (κ1) is 21.7. The van der Waals surface area contributed by atoms with Crippen LogP contribution in [0, 0.1) is 13.8 Å². The predicted octanol–water partition coefficient (Wildman–Crippen LogP) is 6.12. The summed E-state index contributed by atoms with van der Waals surface area (Å²) in [6.45, 7) is 8.43. The predicted molar refractivity (Wildman–Crippen MR) is 120 cm³/mol. The maximum Gasteiger partial charge on any atom is 0.414 e. The third kappa shape index (κ3) is 4.14. The van der Waals surface area contributed by atoms with Crippen LogP contribution in [0.25, 0.3) is 0 Å². The van der Waals surface area contributed by atoms with Gasteiger partial charge in [0.2, 0.25) is 0 Å². The zero-order valence-electron chi connectivity index (χ0n) is 17.0. The van der Waals surface area contributed by atoms with Gasteiger partial charge in [-0.1, -0.05) is 34.5 Å². The molecule has 0 spiro atoms. The second kappa shape index (κ2) is 8.76. The van der Waals surface area contributed by atoms with Gasteiger partial charge >= 0.3 is 6.09 Å². The minimum absolute atomic E-state index is 0.192. The first-order chi connectivity index (χ1) is 13.8. The highest BCUT2D eigenvalue weighted by Crippen LogP contribution is 2.40. The summed E-state index contributed by atoms with van der Waals surface area (Å²) < 4.78 is 6.09. The van der Waals surface area contributed by atoms with Crippen molar-refractivity contribution in [2.45, 2.75) is 40.2 Å². The fourth-order valence-corrected chi connectivity index (χ4v) is 4.09. The Hall–Kier alpha value is -2.05. The minimum Gasteiger partial charge on any atom is -0.449 e. The molecule has 0 saturated heterocycles. The van der Waals surface area contributed by atoms with Gasteiger partial charge < -0.3 is 9.64 Å². The van der Waals surface area contributed by atoms with Crippen LogP contribution in [0.2, 0.25) is 5.02 Å². The summed E-state index contributed by atoms with van der Waals surface area (Å²) in [5.74, 6) is -0.192. The molecule has 1 heterocycles. The average Bonchev–Trinajstić information content (AvgIpc) is 2.69. The number of fused-ring (bicyclic) bond motifs is 1. The number of halogens is 2. The highest BCUT2D eigenvalue weighted by molar-refractivity contribution is 9.10. The molecule has 0 aromatic heterocycles. The Labute approximate surface area is 184 Å². The molecule has 0 bridgehead atoms. The molecule has 0 saturated carbocycles. The highest BCUT2D eigenvalue weighted by atomic mass is 79.9. The minimum atomic E-state index is -0.392. The number of nitrogens with zero attached hydrogens (tertiary/aromatic N) is 2. The van der Waals surface area contributed by atoms with Crippen molar-refractivity contribution in [1.29, 1.82) is 0 Å². The lowest BCUT2D eigenvalue weighted by molar-refractivity contribution is 0.0981. The molecule has 2 aromatic carbocycles. The second-order valence-corrected chi connectivity index (χ2v) is 8.42. The Morgan fingerprint density at radius 3 is 2.41 bits per heavy atom. The van der Waals surface area contributed by atoms with Crippen molar-refractivity contribution in [2.75, 3.05) is 23.0 Å². The molecule has 1 aliphatic rings. The van der Waals surface area contributed by atoms with Gasteiger partial charge in [0.05, 0.1) is 34.6 Å². The topological polar surface area (TPSA) is 49.9 Å². The lowest BCUT2D eigenvalue weighted by Gasteiger charge is -2.42. The van der Waals surface area contributed by atoms with Crippen LogP contribution in [-0.4, -0.2) is 31.2 Å². The number of aryl methyl sites for hydroxylation is 2. The molecule has 0 N–H and O–H groups in total. The number of ether oxygens (including phenoxy) is 1. The molecule has 1 unspecified atom stereocenters. The lowest BCUT2D eigenvalue weighted by atomic mass is 9.99. The molecular formula is C22H24BrClN2O3. The Morgan fingerprint density at radius 1 is 1.14 bits per heavy atom. The number of hydrogen-bond donors (Lipinski definition) is 0. The molecule has 154 valence electrons. The standard InChI is InChI=1S/C22H24BrClN2O3/c1-5-16-12-25(21(27)17-11-15(23)7-8-18(17)24)19-9-13(3)14(4)10-20(19)26(16)22(28)29-6-2/h7-11,16H,5-6,12H2,1-4H3. The molecule has 3 rings (SSSR count). The Bertz CT molecular complexity index is 963. The molecule has 1 atom stereocenters. The van der Waals surface area contributed by atoms with Gasteiger partial charge in [-0.05, 0) is 68.7 Å². The van der Waals surface area contributed by atoms with E-state index in [2.05, 4.69) is 15.9 Å². The van der Waals surface area contributed by atoms with E-state index in [1.165, 1.54) is 0 Å². The van der Waals surface area contributed by atoms with Gasteiger partial charge in [-0.2, -0.15) is 0 Å². The third-order valence-electron chi connectivity index (χ3n) is 5.24. The summed E-state index contributed by atoms with van der Waals surface area (Å²) in [4.78, 5) is 29.6. The van der Waals surface area contributed by atoms with Gasteiger partial charge in [-0.15, -0.1) is 0 Å². The van der Waals surface area contributed by atoms with Crippen LogP contribution in [0.4, 0.5) is 16.2 Å². The molecular weight excluding hydrogens is 456 g/mol. The average molecular weight is 480 g/mol. The van der Waals surface area contributed by atoms with Gasteiger partial charge in [0.15, 0.2) is 0 Å². The Kier molecular flexibility index (Phi) is 6.54. The van der Waals surface area contributed by atoms with Crippen LogP contribution in [-0.2, 0) is 4.74 Å². The molecule has 2 aromatic rings. The number of anilines is 2. The number of benzene rings is 2. The van der Waals surface area contributed by atoms with Crippen LogP contribution in [0.5, 0.6) is 0 Å². The summed E-state index contributed by atoms with van der Waals surface area (Å²) in [6.07, 6.45) is 0.290. The van der Waals surface area contributed by atoms with E-state index in [0.29, 0.717) is 41.5 Å². The second-order valence-electron chi connectivity index (χ2n) is 7.10. The largest absolute Gasteiger partial charge is 0.449 e. The van der Waals surface area contributed by atoms with E-state index < -0.39 is 6.09 Å². The Morgan fingerprint density at radius 2 is 1.79 bits per heavy atom. The summed E-state index contributed by atoms with van der Waals surface area (Å²) >= 11 is 9.75. The molecule has 5 nitrogen and oxygen atoms in total. The van der Waals surface area contributed by atoms with Crippen molar-refractivity contribution < 1.29 is 14.3 Å². The van der Waals surface area contributed by atoms with Crippen molar-refractivity contribution >= 4 is 50.9 Å². The smallest absolute Gasteiger partial charge is 0.414 e. The van der Waals surface area contributed by atoms with Crippen LogP contribution < -0.4 is 9.80 Å². The van der Waals surface area contributed by atoms with E-state index in [0.717, 1.165) is 15.6 Å². The molecule has 0 radical (unpaired) electrons. The van der Waals surface area contributed by atoms with E-state index in [1.54, 1.807) is 34.9 Å². The summed E-state index contributed by atoms with van der Waals surface area (Å²) in [7, 11) is 0. The zero-order chi connectivity index (χ0) is 21.3. The highest BCUT2D eigenvalue weighted by Gasteiger charge is 2.38. The number of rotatable bonds is 3. The molecule has 1 aliphatic heterocycles. The van der Waals surface area contributed by atoms with E-state index in [4.69, 9.17) is 16.3 Å². The van der Waals surface area contributed by atoms with Crippen LogP contribution in [0.1, 0.15) is 41.8 Å². The summed E-state index contributed by atoms with van der Waals surface area (Å²) in [5, 5.41) is 0.393. The van der Waals surface area contributed by atoms with Gasteiger partial charge in [0.25, 0.3) is 5.91 Å². The normalized spacial score (nSPS) is 15.9. The summed E-state index contributed by atoms with van der Waals surface area (Å²) in [5.41, 5.74) is 3.88. The SMILES string of the molecule is CCOC(=O)N1c2cc(C)c(C)cc2N(C(=O)c2cc(Br)ccc2Cl)CC1CC. The quantitative estimate of drug-likeness (QED) is 0.533. The molecule has 0 aliphatic carbocycles. The number of amides is 2. The lowest BCUT2D eigenvalue weighted by Crippen LogP contribution is -2.53. The van der Waals surface area contributed by atoms with Crippen molar-refractivity contribution in [1.82, 2.24) is 0 Å². The fraction of sp³-hybridized carbons (Fsp3) is 0.364. The van der Waals surface area contributed by atoms with Crippen molar-refractivity contribution in [3.8, 4) is 0 Å². The van der Waals surface area contributed by atoms with Crippen molar-refractivity contribution in [2.24, 2.45) is 0 Å². The van der Waals surface area contributed by atoms with Crippen LogP contribution >= 0.6 is 27.5 Å². The number of carbonyl (C=O) groups is 2. The third-order valence-corrected chi connectivity index (χ3v) is 6.06. The Balaban J connectivity index is 2.15. The van der Waals surface area contributed by atoms with Gasteiger partial charge in [0.1, 0.15) is 0 Å². The van der Waals surface area contributed by atoms with E-state index in [-0.39, 0.29) is 11.9 Å². The molecule has 0 fully saturated rings. The molecule has 7 heteroatoms. The summed E-state index contributed by atoms with van der Waals surface area (Å²) in [6, 6.07) is 8.93. The van der Waals surface area contributed by atoms with E-state index in [9.17, 15) is 9.59 Å². The van der Waals surface area contributed by atoms with Crippen molar-refractivity contribution in [3.63, 3.8) is 0 Å². The molecule has 2 amide bonds. The number of hydrogen-bond acceptors (Lipinski definition) is 3. The van der Waals surface area contributed by atoms with Gasteiger partial charge in [-0.3, -0.25) is 9.69 Å². The maximum absolute atomic E-state index is 13.5. The molecule has 29 heavy (non-hydrogen) atoms. The monoisotopic (exact) mass is 478 g/mol. The zero-order valence-corrected chi connectivity index (χ0v) is 19.3. The van der Waals surface area contributed by atoms with E-state index in [1.807, 2.05) is 32.9 Å². The number of carbonyl (C=O) groups excluding carboxylic acids is 2. The fourth-order valence-electron chi connectivity index (χ4n) is 3.53. The van der Waals surface area contributed by atoms with Gasteiger partial charge in [0, 0.05) is 11.0 Å². The van der Waals surface area contributed by atoms with Gasteiger partial charge in [-0.25, -0.2) is 4.79 Å². The first-order valence-electron chi connectivity index (χ1n) is 9.62.